The van der Waals surface area contributed by atoms with Gasteiger partial charge in [0.05, 0.1) is 23.5 Å². The molecule has 5 N–H and O–H groups in total. The molecule has 1 spiro atoms. The molecule has 21 atom stereocenters. The molecule has 6 saturated carbocycles. The first-order valence-corrected chi connectivity index (χ1v) is 18.4. The van der Waals surface area contributed by atoms with Crippen molar-refractivity contribution in [3.8, 4) is 0 Å². The van der Waals surface area contributed by atoms with E-state index in [2.05, 4.69) is 0 Å². The summed E-state index contributed by atoms with van der Waals surface area (Å²) in [7, 11) is 0. The number of nitrogens with two attached hydrogens (primary N) is 1. The highest BCUT2D eigenvalue weighted by atomic mass is 16.8. The zero-order valence-electron chi connectivity index (χ0n) is 30.3. The maximum absolute atomic E-state index is 13.8. The van der Waals surface area contributed by atoms with Crippen LogP contribution in [0.15, 0.2) is 0 Å². The van der Waals surface area contributed by atoms with Crippen molar-refractivity contribution in [2.75, 3.05) is 0 Å². The van der Waals surface area contributed by atoms with Gasteiger partial charge >= 0.3 is 23.9 Å². The van der Waals surface area contributed by atoms with Crippen LogP contribution in [0, 0.1) is 75.4 Å². The Morgan fingerprint density at radius 1 is 0.900 bits per heavy atom. The number of hydrogen-bond donors (Lipinski definition) is 4. The molecule has 13 nitrogen and oxygen atoms in total. The number of hydrogen-bond acceptors (Lipinski definition) is 13. The second-order valence-electron chi connectivity index (χ2n) is 18.3. The number of carbonyl (C=O) groups is 4. The van der Waals surface area contributed by atoms with Gasteiger partial charge in [-0.2, -0.15) is 0 Å². The summed E-state index contributed by atoms with van der Waals surface area (Å²) >= 11 is 0. The molecule has 8 fully saturated rings. The molecule has 0 amide bonds. The van der Waals surface area contributed by atoms with E-state index in [1.165, 1.54) is 20.8 Å². The lowest BCUT2D eigenvalue weighted by Crippen LogP contribution is -2.76. The molecule has 2 heterocycles. The molecular formula is C37H53NO12. The minimum Gasteiger partial charge on any atom is -0.462 e. The zero-order valence-corrected chi connectivity index (χ0v) is 30.3. The quantitative estimate of drug-likeness (QED) is 0.186. The first-order valence-electron chi connectivity index (χ1n) is 18.4. The second kappa shape index (κ2) is 10.2. The summed E-state index contributed by atoms with van der Waals surface area (Å²) in [4.78, 5) is 53.6. The Kier molecular flexibility index (Phi) is 7.09. The lowest BCUT2D eigenvalue weighted by Gasteiger charge is -2.67. The molecule has 13 heteroatoms. The van der Waals surface area contributed by atoms with Crippen LogP contribution in [0.5, 0.6) is 0 Å². The average Bonchev–Trinajstić information content (AvgIpc) is 3.92. The molecule has 2 saturated heterocycles. The molecule has 6 aliphatic carbocycles. The highest BCUT2D eigenvalue weighted by Crippen LogP contribution is 2.81. The smallest absolute Gasteiger partial charge is 0.341 e. The highest BCUT2D eigenvalue weighted by Gasteiger charge is 2.93. The van der Waals surface area contributed by atoms with Crippen LogP contribution in [0.4, 0.5) is 0 Å². The van der Waals surface area contributed by atoms with Crippen molar-refractivity contribution < 1.29 is 58.2 Å². The van der Waals surface area contributed by atoms with Crippen molar-refractivity contribution in [2.24, 2.45) is 81.2 Å². The monoisotopic (exact) mass is 703 g/mol. The Morgan fingerprint density at radius 2 is 1.52 bits per heavy atom. The lowest BCUT2D eigenvalue weighted by atomic mass is 9.40. The van der Waals surface area contributed by atoms with Gasteiger partial charge in [0.25, 0.3) is 0 Å². The Morgan fingerprint density at radius 3 is 2.12 bits per heavy atom. The highest BCUT2D eigenvalue weighted by molar-refractivity contribution is 5.84. The summed E-state index contributed by atoms with van der Waals surface area (Å²) in [6, 6.07) is -0.774. The van der Waals surface area contributed by atoms with Crippen LogP contribution in [-0.4, -0.2) is 93.3 Å². The number of fused-ring (bicyclic) bond motifs is 9. The minimum atomic E-state index is -2.08. The number of rotatable bonds is 4. The maximum atomic E-state index is 13.8. The van der Waals surface area contributed by atoms with Gasteiger partial charge in [0, 0.05) is 54.4 Å². The van der Waals surface area contributed by atoms with Crippen molar-refractivity contribution in [3.05, 3.63) is 0 Å². The molecule has 0 aromatic carbocycles. The van der Waals surface area contributed by atoms with Crippen molar-refractivity contribution in [3.63, 3.8) is 0 Å². The molecular weight excluding hydrogens is 650 g/mol. The third kappa shape index (κ3) is 3.76. The van der Waals surface area contributed by atoms with E-state index in [1.807, 2.05) is 20.8 Å². The average molecular weight is 704 g/mol. The van der Waals surface area contributed by atoms with E-state index in [0.29, 0.717) is 6.42 Å². The van der Waals surface area contributed by atoms with E-state index >= 15 is 0 Å². The van der Waals surface area contributed by atoms with Crippen LogP contribution >= 0.6 is 0 Å². The Hall–Kier alpha value is -2.32. The number of carbonyl (C=O) groups excluding carboxylic acids is 4. The molecule has 0 aromatic rings. The Bertz CT molecular complexity index is 1550. The van der Waals surface area contributed by atoms with Crippen LogP contribution in [-0.2, 0) is 42.9 Å². The Labute approximate surface area is 292 Å². The minimum absolute atomic E-state index is 0.0123. The summed E-state index contributed by atoms with van der Waals surface area (Å²) in [5, 5.41) is 36.9. The van der Waals surface area contributed by atoms with Gasteiger partial charge in [-0.1, -0.05) is 34.6 Å². The summed E-state index contributed by atoms with van der Waals surface area (Å²) in [6.07, 6.45) is -4.48. The van der Waals surface area contributed by atoms with Crippen LogP contribution in [0.1, 0.15) is 75.2 Å². The zero-order chi connectivity index (χ0) is 36.6. The van der Waals surface area contributed by atoms with E-state index in [0.717, 1.165) is 6.42 Å². The third-order valence-corrected chi connectivity index (χ3v) is 16.0. The molecule has 0 aromatic heterocycles. The topological polar surface area (TPSA) is 204 Å². The number of aliphatic hydroxyl groups is 3. The van der Waals surface area contributed by atoms with E-state index in [1.54, 1.807) is 20.8 Å². The number of epoxide rings is 1. The fourth-order valence-electron chi connectivity index (χ4n) is 13.7. The first kappa shape index (κ1) is 34.7. The van der Waals surface area contributed by atoms with E-state index < -0.39 is 136 Å². The summed E-state index contributed by atoms with van der Waals surface area (Å²) in [5.74, 6) is -8.90. The first-order chi connectivity index (χ1) is 23.1. The SMILES string of the molecule is CC(=O)O[C@H]1C2C([C@@H](O)[C@H](N)[C@H]3CC4C[C@@H]4[C@H](O)[C@]23C)[C@@H]2[C@@H](OC(=O)C(C)C)[C@@H]3[C@H]([C@H](C)[C@H]4O[C@]45OC(=O)[C@@](C)(O)[C@]35C)[C@@]2(C)[C@H]1OC(C)=O. The Balaban J connectivity index is 1.42. The molecule has 0 bridgehead atoms. The summed E-state index contributed by atoms with van der Waals surface area (Å²) in [6.45, 7) is 14.9. The predicted octanol–water partition coefficient (Wildman–Crippen LogP) is 1.32. The second-order valence-corrected chi connectivity index (χ2v) is 18.3. The summed E-state index contributed by atoms with van der Waals surface area (Å²) in [5.41, 5.74) is 1.31. The van der Waals surface area contributed by atoms with Crippen molar-refractivity contribution >= 4 is 23.9 Å². The molecule has 50 heavy (non-hydrogen) atoms. The molecule has 2 aliphatic heterocycles. The van der Waals surface area contributed by atoms with Gasteiger partial charge < -0.3 is 44.7 Å². The van der Waals surface area contributed by atoms with Gasteiger partial charge in [-0.25, -0.2) is 4.79 Å². The van der Waals surface area contributed by atoms with Crippen LogP contribution in [0.3, 0.4) is 0 Å². The lowest BCUT2D eigenvalue weighted by molar-refractivity contribution is -0.286. The standard InChI is InChI=1S/C37H53NO12/c1-12(2)31(43)48-26-21-19-22(33(6)18(24(38)25(19)41)11-16-10-17(16)28(33)42)27(46-14(4)39)30(47-15(5)40)34(21,7)20-13(3)29-37(49-29)35(8,23(20)26)36(9,45)32(44)50-37/h12-13,16-30,41-42,45H,10-11,38H2,1-9H3/t13-,16?,17-,18+,19?,20-,21+,22?,23-,24+,25+,26+,27-,28-,29+,30-,33-,34+,35-,36+,37-/m0/s1. The van der Waals surface area contributed by atoms with E-state index in [9.17, 15) is 34.5 Å². The van der Waals surface area contributed by atoms with Gasteiger partial charge in [-0.3, -0.25) is 14.4 Å². The molecule has 8 rings (SSSR count). The van der Waals surface area contributed by atoms with Gasteiger partial charge in [-0.05, 0) is 56.3 Å². The van der Waals surface area contributed by atoms with Crippen LogP contribution < -0.4 is 5.73 Å². The van der Waals surface area contributed by atoms with Gasteiger partial charge in [0.15, 0.2) is 5.60 Å². The maximum Gasteiger partial charge on any atom is 0.341 e. The number of aliphatic hydroxyl groups excluding tert-OH is 2. The van der Waals surface area contributed by atoms with Gasteiger partial charge in [-0.15, -0.1) is 0 Å². The molecule has 278 valence electrons. The third-order valence-electron chi connectivity index (χ3n) is 16.0. The van der Waals surface area contributed by atoms with E-state index in [-0.39, 0.29) is 17.8 Å². The fraction of sp³-hybridized carbons (Fsp3) is 0.892. The van der Waals surface area contributed by atoms with Gasteiger partial charge in [0.1, 0.15) is 24.4 Å². The largest absolute Gasteiger partial charge is 0.462 e. The predicted molar refractivity (Wildman–Crippen MR) is 171 cm³/mol. The van der Waals surface area contributed by atoms with E-state index in [4.69, 9.17) is 29.4 Å². The molecule has 0 radical (unpaired) electrons. The normalized spacial score (nSPS) is 59.3. The summed E-state index contributed by atoms with van der Waals surface area (Å²) < 4.78 is 31.4. The molecule has 8 aliphatic rings. The van der Waals surface area contributed by atoms with Gasteiger partial charge in [0.2, 0.25) is 5.79 Å². The number of esters is 4. The van der Waals surface area contributed by atoms with Crippen molar-refractivity contribution in [2.45, 2.75) is 129 Å². The molecule has 3 unspecified atom stereocenters. The van der Waals surface area contributed by atoms with Crippen molar-refractivity contribution in [1.29, 1.82) is 0 Å². The van der Waals surface area contributed by atoms with Crippen molar-refractivity contribution in [1.82, 2.24) is 0 Å². The fourth-order valence-corrected chi connectivity index (χ4v) is 13.7. The van der Waals surface area contributed by atoms with Crippen LogP contribution in [0.25, 0.3) is 0 Å². The van der Waals surface area contributed by atoms with Crippen LogP contribution in [0.2, 0.25) is 0 Å². The number of ether oxygens (including phenoxy) is 5.